The first-order chi connectivity index (χ1) is 12.4. The molecule has 1 aromatic carbocycles. The summed E-state index contributed by atoms with van der Waals surface area (Å²) in [6.45, 7) is 1.49. The van der Waals surface area contributed by atoms with E-state index in [1.165, 1.54) is 12.1 Å². The average Bonchev–Trinajstić information content (AvgIpc) is 2.62. The number of hydrogen-bond donors (Lipinski definition) is 1. The normalized spacial score (nSPS) is 15.7. The van der Waals surface area contributed by atoms with Gasteiger partial charge in [0.2, 0.25) is 5.91 Å². The molecule has 2 heterocycles. The van der Waals surface area contributed by atoms with Crippen molar-refractivity contribution in [2.24, 2.45) is 0 Å². The molecule has 1 fully saturated rings. The van der Waals surface area contributed by atoms with Gasteiger partial charge >= 0.3 is 6.18 Å². The van der Waals surface area contributed by atoms with E-state index in [-0.39, 0.29) is 18.4 Å². The van der Waals surface area contributed by atoms with Crippen LogP contribution in [0.4, 0.5) is 19.0 Å². The number of hydrogen-bond acceptors (Lipinski definition) is 4. The number of anilines is 1. The lowest BCUT2D eigenvalue weighted by Gasteiger charge is -2.32. The highest BCUT2D eigenvalue weighted by atomic mass is 19.4. The number of nitrogens with zero attached hydrogens (tertiary/aromatic N) is 3. The summed E-state index contributed by atoms with van der Waals surface area (Å²) in [5.41, 5.74) is -0.380. The zero-order valence-corrected chi connectivity index (χ0v) is 14.0. The van der Waals surface area contributed by atoms with Crippen molar-refractivity contribution < 1.29 is 18.0 Å². The Morgan fingerprint density at radius 2 is 2.00 bits per heavy atom. The first kappa shape index (κ1) is 18.2. The topological polar surface area (TPSA) is 58.1 Å². The van der Waals surface area contributed by atoms with Crippen molar-refractivity contribution in [3.05, 3.63) is 54.0 Å². The van der Waals surface area contributed by atoms with Crippen molar-refractivity contribution in [3.63, 3.8) is 0 Å². The standard InChI is InChI=1S/C18H19F3N4O/c19-18(20,21)14-3-1-2-13(10-14)11-17(26)24-15-4-8-25(9-5-15)16-12-22-6-7-23-16/h1-3,6-7,10,12,15H,4-5,8-9,11H2,(H,24,26). The van der Waals surface area contributed by atoms with Crippen LogP contribution in [0, 0.1) is 0 Å². The monoisotopic (exact) mass is 364 g/mol. The third kappa shape index (κ3) is 4.71. The van der Waals surface area contributed by atoms with Crippen LogP contribution in [0.1, 0.15) is 24.0 Å². The molecule has 1 aliphatic rings. The fourth-order valence-electron chi connectivity index (χ4n) is 3.03. The van der Waals surface area contributed by atoms with Crippen LogP contribution in [0.2, 0.25) is 0 Å². The Hall–Kier alpha value is -2.64. The van der Waals surface area contributed by atoms with Gasteiger partial charge in [0.15, 0.2) is 0 Å². The molecule has 3 rings (SSSR count). The molecule has 0 saturated carbocycles. The van der Waals surface area contributed by atoms with Gasteiger partial charge in [-0.2, -0.15) is 13.2 Å². The predicted octanol–water partition coefficient (Wildman–Crippen LogP) is 2.82. The van der Waals surface area contributed by atoms with Gasteiger partial charge in [-0.25, -0.2) is 4.98 Å². The van der Waals surface area contributed by atoms with Crippen molar-refractivity contribution in [1.82, 2.24) is 15.3 Å². The number of amides is 1. The molecule has 1 amide bonds. The maximum absolute atomic E-state index is 12.7. The van der Waals surface area contributed by atoms with Gasteiger partial charge in [-0.3, -0.25) is 9.78 Å². The Morgan fingerprint density at radius 3 is 2.65 bits per heavy atom. The van der Waals surface area contributed by atoms with E-state index in [2.05, 4.69) is 20.2 Å². The quantitative estimate of drug-likeness (QED) is 0.906. The molecule has 0 radical (unpaired) electrons. The first-order valence-corrected chi connectivity index (χ1v) is 8.38. The second-order valence-electron chi connectivity index (χ2n) is 6.27. The zero-order valence-electron chi connectivity index (χ0n) is 14.0. The molecule has 0 unspecified atom stereocenters. The van der Waals surface area contributed by atoms with E-state index in [1.807, 2.05) is 0 Å². The van der Waals surface area contributed by atoms with Gasteiger partial charge in [-0.1, -0.05) is 18.2 Å². The summed E-state index contributed by atoms with van der Waals surface area (Å²) < 4.78 is 38.2. The van der Waals surface area contributed by atoms with Crippen molar-refractivity contribution in [1.29, 1.82) is 0 Å². The molecule has 0 atom stereocenters. The third-order valence-electron chi connectivity index (χ3n) is 4.35. The molecule has 0 spiro atoms. The van der Waals surface area contributed by atoms with Gasteiger partial charge in [0, 0.05) is 31.5 Å². The summed E-state index contributed by atoms with van der Waals surface area (Å²) in [6, 6.07) is 4.90. The fraction of sp³-hybridized carbons (Fsp3) is 0.389. The summed E-state index contributed by atoms with van der Waals surface area (Å²) in [4.78, 5) is 22.6. The van der Waals surface area contributed by atoms with Crippen molar-refractivity contribution in [2.75, 3.05) is 18.0 Å². The van der Waals surface area contributed by atoms with Gasteiger partial charge in [-0.15, -0.1) is 0 Å². The number of halogens is 3. The average molecular weight is 364 g/mol. The molecule has 8 heteroatoms. The van der Waals surface area contributed by atoms with Gasteiger partial charge in [0.25, 0.3) is 0 Å². The summed E-state index contributed by atoms with van der Waals surface area (Å²) in [6.07, 6.45) is 2.00. The summed E-state index contributed by atoms with van der Waals surface area (Å²) in [7, 11) is 0. The number of piperidine rings is 1. The van der Waals surface area contributed by atoms with Crippen LogP contribution in [0.15, 0.2) is 42.9 Å². The second-order valence-corrected chi connectivity index (χ2v) is 6.27. The minimum Gasteiger partial charge on any atom is -0.355 e. The molecule has 1 aromatic heterocycles. The minimum atomic E-state index is -4.40. The molecule has 0 aliphatic carbocycles. The molecule has 1 saturated heterocycles. The highest BCUT2D eigenvalue weighted by Crippen LogP contribution is 2.29. The van der Waals surface area contributed by atoms with Crippen LogP contribution in [0.5, 0.6) is 0 Å². The molecule has 5 nitrogen and oxygen atoms in total. The highest BCUT2D eigenvalue weighted by Gasteiger charge is 2.30. The molecule has 138 valence electrons. The van der Waals surface area contributed by atoms with Crippen molar-refractivity contribution >= 4 is 11.7 Å². The summed E-state index contributed by atoms with van der Waals surface area (Å²) in [5.74, 6) is 0.545. The van der Waals surface area contributed by atoms with Gasteiger partial charge in [-0.05, 0) is 24.5 Å². The van der Waals surface area contributed by atoms with Crippen LogP contribution >= 0.6 is 0 Å². The summed E-state index contributed by atoms with van der Waals surface area (Å²) >= 11 is 0. The molecular formula is C18H19F3N4O. The maximum atomic E-state index is 12.7. The lowest BCUT2D eigenvalue weighted by Crippen LogP contribution is -2.45. The minimum absolute atomic E-state index is 0.0150. The molecule has 26 heavy (non-hydrogen) atoms. The second kappa shape index (κ2) is 7.72. The lowest BCUT2D eigenvalue weighted by atomic mass is 10.0. The molecule has 1 N–H and O–H groups in total. The Kier molecular flexibility index (Phi) is 5.39. The van der Waals surface area contributed by atoms with Crippen LogP contribution < -0.4 is 10.2 Å². The molecule has 2 aromatic rings. The lowest BCUT2D eigenvalue weighted by molar-refractivity contribution is -0.137. The van der Waals surface area contributed by atoms with Crippen LogP contribution in [0.3, 0.4) is 0 Å². The van der Waals surface area contributed by atoms with E-state index in [4.69, 9.17) is 0 Å². The number of rotatable bonds is 4. The highest BCUT2D eigenvalue weighted by molar-refractivity contribution is 5.79. The van der Waals surface area contributed by atoms with E-state index in [1.54, 1.807) is 18.6 Å². The van der Waals surface area contributed by atoms with Gasteiger partial charge in [0.1, 0.15) is 5.82 Å². The SMILES string of the molecule is O=C(Cc1cccc(C(F)(F)F)c1)NC1CCN(c2cnccn2)CC1. The summed E-state index contributed by atoms with van der Waals surface area (Å²) in [5, 5.41) is 2.91. The number of benzene rings is 1. The largest absolute Gasteiger partial charge is 0.416 e. The Balaban J connectivity index is 1.50. The number of alkyl halides is 3. The van der Waals surface area contributed by atoms with Gasteiger partial charge in [0.05, 0.1) is 18.2 Å². The molecule has 0 bridgehead atoms. The first-order valence-electron chi connectivity index (χ1n) is 8.38. The number of carbonyl (C=O) groups excluding carboxylic acids is 1. The van der Waals surface area contributed by atoms with Crippen LogP contribution in [0.25, 0.3) is 0 Å². The van der Waals surface area contributed by atoms with E-state index >= 15 is 0 Å². The van der Waals surface area contributed by atoms with Crippen LogP contribution in [-0.4, -0.2) is 35.0 Å². The van der Waals surface area contributed by atoms with Crippen molar-refractivity contribution in [3.8, 4) is 0 Å². The Bertz CT molecular complexity index is 744. The number of nitrogens with one attached hydrogen (secondary N) is 1. The number of aromatic nitrogens is 2. The molecule has 1 aliphatic heterocycles. The number of carbonyl (C=O) groups is 1. The smallest absolute Gasteiger partial charge is 0.355 e. The zero-order chi connectivity index (χ0) is 18.6. The van der Waals surface area contributed by atoms with E-state index in [9.17, 15) is 18.0 Å². The maximum Gasteiger partial charge on any atom is 0.416 e. The fourth-order valence-corrected chi connectivity index (χ4v) is 3.03. The Labute approximate surface area is 149 Å². The Morgan fingerprint density at radius 1 is 1.23 bits per heavy atom. The van der Waals surface area contributed by atoms with Crippen molar-refractivity contribution in [2.45, 2.75) is 31.5 Å². The van der Waals surface area contributed by atoms with Gasteiger partial charge < -0.3 is 10.2 Å². The van der Waals surface area contributed by atoms with E-state index in [0.717, 1.165) is 43.9 Å². The van der Waals surface area contributed by atoms with E-state index in [0.29, 0.717) is 5.56 Å². The predicted molar refractivity (Wildman–Crippen MR) is 90.6 cm³/mol. The molecular weight excluding hydrogens is 345 g/mol. The van der Waals surface area contributed by atoms with E-state index < -0.39 is 11.7 Å². The third-order valence-corrected chi connectivity index (χ3v) is 4.35. The van der Waals surface area contributed by atoms with Crippen LogP contribution in [-0.2, 0) is 17.4 Å².